The summed E-state index contributed by atoms with van der Waals surface area (Å²) >= 11 is 0. The molecule has 2 heteroatoms. The summed E-state index contributed by atoms with van der Waals surface area (Å²) in [6.45, 7) is 4.91. The second-order valence-electron chi connectivity index (χ2n) is 19.9. The van der Waals surface area contributed by atoms with E-state index >= 15 is 0 Å². The lowest BCUT2D eigenvalue weighted by atomic mass is 9.74. The van der Waals surface area contributed by atoms with Gasteiger partial charge in [-0.25, -0.2) is 0 Å². The molecule has 9 aromatic carbocycles. The quantitative estimate of drug-likeness (QED) is 0.163. The van der Waals surface area contributed by atoms with Gasteiger partial charge in [-0.05, 0) is 155 Å². The van der Waals surface area contributed by atoms with Gasteiger partial charge < -0.3 is 9.80 Å². The molecule has 0 amide bonds. The largest absolute Gasteiger partial charge is 0.314 e. The Hall–Kier alpha value is -7.68. The molecule has 320 valence electrons. The highest BCUT2D eigenvalue weighted by atomic mass is 15.2. The van der Waals surface area contributed by atoms with Crippen LogP contribution in [0.25, 0.3) is 54.6 Å². The molecular formula is C65H50N2. The van der Waals surface area contributed by atoms with Gasteiger partial charge in [0.05, 0.1) is 0 Å². The average Bonchev–Trinajstić information content (AvgIpc) is 3.60. The first-order chi connectivity index (χ1) is 33.0. The smallest absolute Gasteiger partial charge is 0.0497 e. The van der Waals surface area contributed by atoms with Crippen molar-refractivity contribution in [3.8, 4) is 22.3 Å². The van der Waals surface area contributed by atoms with Crippen LogP contribution in [-0.2, 0) is 18.3 Å². The fraction of sp³-hybridized carbons (Fsp3) is 0.138. The summed E-state index contributed by atoms with van der Waals surface area (Å²) in [7, 11) is 0. The molecule has 0 N–H and O–H groups in total. The topological polar surface area (TPSA) is 6.48 Å². The third kappa shape index (κ3) is 5.75. The molecule has 2 atom stereocenters. The third-order valence-electron chi connectivity index (χ3n) is 16.0. The Morgan fingerprint density at radius 3 is 1.91 bits per heavy atom. The van der Waals surface area contributed by atoms with E-state index in [4.69, 9.17) is 0 Å². The lowest BCUT2D eigenvalue weighted by Crippen LogP contribution is -2.25. The molecule has 5 aliphatic rings. The van der Waals surface area contributed by atoms with Crippen LogP contribution in [0.5, 0.6) is 0 Å². The van der Waals surface area contributed by atoms with Crippen LogP contribution in [0.3, 0.4) is 0 Å². The van der Waals surface area contributed by atoms with Crippen LogP contribution >= 0.6 is 0 Å². The lowest BCUT2D eigenvalue weighted by molar-refractivity contribution is 0.394. The van der Waals surface area contributed by atoms with Crippen molar-refractivity contribution < 1.29 is 0 Å². The van der Waals surface area contributed by atoms with Gasteiger partial charge in [-0.2, -0.15) is 0 Å². The van der Waals surface area contributed by atoms with Crippen molar-refractivity contribution >= 4 is 60.8 Å². The van der Waals surface area contributed by atoms with Crippen LogP contribution < -0.4 is 9.80 Å². The van der Waals surface area contributed by atoms with Crippen molar-refractivity contribution in [1.82, 2.24) is 0 Å². The van der Waals surface area contributed by atoms with E-state index < -0.39 is 0 Å². The Morgan fingerprint density at radius 2 is 1.13 bits per heavy atom. The Labute approximate surface area is 393 Å². The number of hydrogen-bond donors (Lipinski definition) is 0. The van der Waals surface area contributed by atoms with E-state index in [1.807, 2.05) is 0 Å². The first kappa shape index (κ1) is 38.6. The maximum absolute atomic E-state index is 2.59. The molecule has 0 saturated heterocycles. The van der Waals surface area contributed by atoms with Crippen LogP contribution in [0.1, 0.15) is 60.4 Å². The van der Waals surface area contributed by atoms with Crippen molar-refractivity contribution in [2.45, 2.75) is 50.9 Å². The Morgan fingerprint density at radius 1 is 0.507 bits per heavy atom. The number of para-hydroxylation sites is 3. The van der Waals surface area contributed by atoms with Gasteiger partial charge in [0.15, 0.2) is 0 Å². The minimum absolute atomic E-state index is 0.0210. The molecule has 9 aromatic rings. The number of rotatable bonds is 4. The standard InChI is InChI=1S/C65H50N2/c1-65(2)57-25-10-9-23-50(57)51-33-30-46(38-58(51)65)63-53-34-31-48(67-61-28-13-6-19-44(61)37-45-20-7-14-29-62(45)67)40-56(53)64(52-24-15-21-41-16-3-8-22-49(41)52)54-35-32-47(39-55(54)63)66-59-26-11-4-17-42(59)36-43-18-5-12-27-60(43)66/h3-13,15-28,30-35,38-40,50,57H,14,29,36-37H2,1-2H3. The number of hydrogen-bond acceptors (Lipinski definition) is 2. The van der Waals surface area contributed by atoms with E-state index in [9.17, 15) is 0 Å². The fourth-order valence-corrected chi connectivity index (χ4v) is 12.9. The predicted octanol–water partition coefficient (Wildman–Crippen LogP) is 17.3. The molecule has 3 aliphatic carbocycles. The zero-order valence-corrected chi connectivity index (χ0v) is 38.0. The number of benzene rings is 9. The van der Waals surface area contributed by atoms with Crippen LogP contribution in [0.2, 0.25) is 0 Å². The van der Waals surface area contributed by atoms with E-state index in [0.717, 1.165) is 25.7 Å². The van der Waals surface area contributed by atoms with Gasteiger partial charge in [-0.15, -0.1) is 0 Å². The number of fused-ring (bicyclic) bond motifs is 9. The van der Waals surface area contributed by atoms with E-state index in [1.54, 1.807) is 0 Å². The van der Waals surface area contributed by atoms with Gasteiger partial charge >= 0.3 is 0 Å². The van der Waals surface area contributed by atoms with Crippen LogP contribution in [0.15, 0.2) is 218 Å². The highest BCUT2D eigenvalue weighted by Crippen LogP contribution is 2.56. The molecule has 2 aliphatic heterocycles. The molecule has 0 radical (unpaired) electrons. The highest BCUT2D eigenvalue weighted by Gasteiger charge is 2.44. The Kier molecular flexibility index (Phi) is 8.44. The number of nitrogens with zero attached hydrogens (tertiary/aromatic N) is 2. The summed E-state index contributed by atoms with van der Waals surface area (Å²) < 4.78 is 0. The normalized spacial score (nSPS) is 18.5. The predicted molar refractivity (Wildman–Crippen MR) is 283 cm³/mol. The van der Waals surface area contributed by atoms with Crippen LogP contribution in [0, 0.1) is 5.92 Å². The SMILES string of the molecule is CC1(C)c2cc(-c3c4cc(N5c6ccccc6Cc6ccccc65)ccc4c(-c4cccc5ccccc45)c4cc(N5C6=C(C=CCC6)Cc6ccccc65)ccc34)ccc2C2C=CC=CC21. The minimum atomic E-state index is -0.0210. The molecule has 0 saturated carbocycles. The summed E-state index contributed by atoms with van der Waals surface area (Å²) in [5.41, 5.74) is 21.1. The molecule has 0 bridgehead atoms. The molecular weight excluding hydrogens is 809 g/mol. The highest BCUT2D eigenvalue weighted by molar-refractivity contribution is 6.24. The lowest BCUT2D eigenvalue weighted by Gasteiger charge is -2.37. The summed E-state index contributed by atoms with van der Waals surface area (Å²) in [4.78, 5) is 5.10. The Bertz CT molecular complexity index is 3660. The van der Waals surface area contributed by atoms with Gasteiger partial charge in [-0.3, -0.25) is 0 Å². The van der Waals surface area contributed by atoms with Crippen molar-refractivity contribution in [2.24, 2.45) is 5.92 Å². The van der Waals surface area contributed by atoms with Crippen LogP contribution in [0.4, 0.5) is 28.4 Å². The maximum atomic E-state index is 2.59. The molecule has 2 unspecified atom stereocenters. The van der Waals surface area contributed by atoms with Gasteiger partial charge in [0, 0.05) is 52.9 Å². The number of anilines is 5. The molecule has 0 spiro atoms. The maximum Gasteiger partial charge on any atom is 0.0497 e. The molecule has 67 heavy (non-hydrogen) atoms. The molecule has 0 aromatic heterocycles. The zero-order chi connectivity index (χ0) is 44.4. The van der Waals surface area contributed by atoms with Crippen molar-refractivity contribution in [3.63, 3.8) is 0 Å². The van der Waals surface area contributed by atoms with E-state index in [-0.39, 0.29) is 5.41 Å². The first-order valence-corrected chi connectivity index (χ1v) is 24.2. The summed E-state index contributed by atoms with van der Waals surface area (Å²) in [6.07, 6.45) is 18.1. The monoisotopic (exact) mass is 858 g/mol. The summed E-state index contributed by atoms with van der Waals surface area (Å²) in [5, 5.41) is 7.58. The van der Waals surface area contributed by atoms with Crippen molar-refractivity contribution in [2.75, 3.05) is 9.80 Å². The molecule has 0 fully saturated rings. The second kappa shape index (κ2) is 14.7. The summed E-state index contributed by atoms with van der Waals surface area (Å²) in [5.74, 6) is 0.820. The minimum Gasteiger partial charge on any atom is -0.314 e. The van der Waals surface area contributed by atoms with E-state index in [1.165, 1.54) is 122 Å². The Balaban J connectivity index is 1.11. The van der Waals surface area contributed by atoms with E-state index in [2.05, 4.69) is 230 Å². The third-order valence-corrected chi connectivity index (χ3v) is 16.0. The zero-order valence-electron chi connectivity index (χ0n) is 38.0. The fourth-order valence-electron chi connectivity index (χ4n) is 12.9. The number of allylic oxidation sites excluding steroid dienone is 8. The van der Waals surface area contributed by atoms with Gasteiger partial charge in [0.1, 0.15) is 0 Å². The summed E-state index contributed by atoms with van der Waals surface area (Å²) in [6, 6.07) is 65.0. The molecule has 14 rings (SSSR count). The van der Waals surface area contributed by atoms with Gasteiger partial charge in [-0.1, -0.05) is 178 Å². The van der Waals surface area contributed by atoms with Crippen molar-refractivity contribution in [3.05, 3.63) is 245 Å². The van der Waals surface area contributed by atoms with Crippen molar-refractivity contribution in [1.29, 1.82) is 0 Å². The van der Waals surface area contributed by atoms with E-state index in [0.29, 0.717) is 11.8 Å². The molecule has 2 heterocycles. The molecule has 2 nitrogen and oxygen atoms in total. The first-order valence-electron chi connectivity index (χ1n) is 24.2. The second-order valence-corrected chi connectivity index (χ2v) is 19.9. The average molecular weight is 859 g/mol. The van der Waals surface area contributed by atoms with Crippen LogP contribution in [-0.4, -0.2) is 0 Å². The van der Waals surface area contributed by atoms with Gasteiger partial charge in [0.25, 0.3) is 0 Å². The van der Waals surface area contributed by atoms with Gasteiger partial charge in [0.2, 0.25) is 0 Å².